The molecule has 0 aromatic heterocycles. The molecule has 0 amide bonds. The van der Waals surface area contributed by atoms with E-state index in [9.17, 15) is 13.2 Å². The summed E-state index contributed by atoms with van der Waals surface area (Å²) in [6, 6.07) is -0.410. The van der Waals surface area contributed by atoms with E-state index in [2.05, 4.69) is 5.32 Å². The van der Waals surface area contributed by atoms with Gasteiger partial charge in [0.25, 0.3) is 0 Å². The van der Waals surface area contributed by atoms with Gasteiger partial charge in [-0.1, -0.05) is 6.92 Å². The zero-order valence-electron chi connectivity index (χ0n) is 9.45. The Labute approximate surface area is 91.1 Å². The van der Waals surface area contributed by atoms with Crippen molar-refractivity contribution in [1.82, 2.24) is 5.32 Å². The van der Waals surface area contributed by atoms with Gasteiger partial charge in [-0.25, -0.2) is 8.42 Å². The van der Waals surface area contributed by atoms with Gasteiger partial charge in [0.05, 0.1) is 12.4 Å². The minimum absolute atomic E-state index is 0.0307. The fourth-order valence-corrected chi connectivity index (χ4v) is 1.54. The van der Waals surface area contributed by atoms with Crippen LogP contribution in [0, 0.1) is 0 Å². The highest BCUT2D eigenvalue weighted by Gasteiger charge is 2.16. The van der Waals surface area contributed by atoms with Crippen molar-refractivity contribution in [3.8, 4) is 0 Å². The van der Waals surface area contributed by atoms with Crippen molar-refractivity contribution in [3.05, 3.63) is 0 Å². The predicted octanol–water partition coefficient (Wildman–Crippen LogP) is -0.0377. The Kier molecular flexibility index (Phi) is 6.51. The van der Waals surface area contributed by atoms with Gasteiger partial charge < -0.3 is 10.1 Å². The minimum Gasteiger partial charge on any atom is -0.465 e. The van der Waals surface area contributed by atoms with Crippen LogP contribution in [0.2, 0.25) is 0 Å². The molecule has 0 aliphatic rings. The fraction of sp³-hybridized carbons (Fsp3) is 0.889. The van der Waals surface area contributed by atoms with E-state index in [0.717, 1.165) is 0 Å². The maximum absolute atomic E-state index is 11.3. The van der Waals surface area contributed by atoms with Crippen molar-refractivity contribution in [1.29, 1.82) is 0 Å². The second-order valence-corrected chi connectivity index (χ2v) is 5.56. The second-order valence-electron chi connectivity index (χ2n) is 3.30. The molecule has 0 bridgehead atoms. The number of esters is 1. The highest BCUT2D eigenvalue weighted by Crippen LogP contribution is 1.95. The van der Waals surface area contributed by atoms with Gasteiger partial charge in [-0.15, -0.1) is 0 Å². The Morgan fingerprint density at radius 3 is 2.40 bits per heavy atom. The molecule has 5 nitrogen and oxygen atoms in total. The van der Waals surface area contributed by atoms with Gasteiger partial charge in [0, 0.05) is 12.8 Å². The molecule has 0 saturated heterocycles. The highest BCUT2D eigenvalue weighted by molar-refractivity contribution is 7.90. The Morgan fingerprint density at radius 2 is 2.00 bits per heavy atom. The lowest BCUT2D eigenvalue weighted by Crippen LogP contribution is -2.39. The summed E-state index contributed by atoms with van der Waals surface area (Å²) in [7, 11) is -2.98. The van der Waals surface area contributed by atoms with Crippen LogP contribution in [-0.2, 0) is 19.4 Å². The number of carbonyl (C=O) groups excluding carboxylic acids is 1. The summed E-state index contributed by atoms with van der Waals surface area (Å²) < 4.78 is 26.5. The van der Waals surface area contributed by atoms with Crippen molar-refractivity contribution < 1.29 is 17.9 Å². The van der Waals surface area contributed by atoms with Crippen LogP contribution in [0.4, 0.5) is 0 Å². The normalized spacial score (nSPS) is 13.5. The Balaban J connectivity index is 3.95. The lowest BCUT2D eigenvalue weighted by atomic mass is 10.2. The quantitative estimate of drug-likeness (QED) is 0.629. The molecule has 1 N–H and O–H groups in total. The van der Waals surface area contributed by atoms with Crippen LogP contribution >= 0.6 is 0 Å². The zero-order chi connectivity index (χ0) is 11.9. The maximum atomic E-state index is 11.3. The van der Waals surface area contributed by atoms with E-state index in [1.165, 1.54) is 6.26 Å². The molecule has 0 saturated carbocycles. The summed E-state index contributed by atoms with van der Waals surface area (Å²) >= 11 is 0. The molecule has 0 aromatic rings. The Hall–Kier alpha value is -0.620. The first-order valence-corrected chi connectivity index (χ1v) is 7.04. The maximum Gasteiger partial charge on any atom is 0.323 e. The van der Waals surface area contributed by atoms with E-state index < -0.39 is 15.9 Å². The lowest BCUT2D eigenvalue weighted by Gasteiger charge is -2.14. The van der Waals surface area contributed by atoms with Gasteiger partial charge in [0.15, 0.2) is 0 Å². The standard InChI is InChI=1S/C9H19NO4S/c1-4-8(9(11)14-5-2)10-6-7-15(3,12)13/h8,10H,4-7H2,1-3H3. The first-order valence-electron chi connectivity index (χ1n) is 4.98. The van der Waals surface area contributed by atoms with Crippen molar-refractivity contribution >= 4 is 15.8 Å². The number of nitrogens with one attached hydrogen (secondary N) is 1. The van der Waals surface area contributed by atoms with Crippen LogP contribution < -0.4 is 5.32 Å². The lowest BCUT2D eigenvalue weighted by molar-refractivity contribution is -0.145. The Morgan fingerprint density at radius 1 is 1.40 bits per heavy atom. The van der Waals surface area contributed by atoms with Crippen LogP contribution in [-0.4, -0.2) is 45.6 Å². The molecule has 0 aliphatic heterocycles. The van der Waals surface area contributed by atoms with Gasteiger partial charge >= 0.3 is 5.97 Å². The van der Waals surface area contributed by atoms with Crippen molar-refractivity contribution in [2.75, 3.05) is 25.2 Å². The number of sulfone groups is 1. The molecule has 90 valence electrons. The third-order valence-corrected chi connectivity index (χ3v) is 2.79. The van der Waals surface area contributed by atoms with Gasteiger partial charge in [-0.05, 0) is 13.3 Å². The Bertz CT molecular complexity index is 286. The average molecular weight is 237 g/mol. The number of hydrogen-bond donors (Lipinski definition) is 1. The molecular formula is C9H19NO4S. The molecule has 0 spiro atoms. The smallest absolute Gasteiger partial charge is 0.323 e. The molecular weight excluding hydrogens is 218 g/mol. The van der Waals surface area contributed by atoms with Gasteiger partial charge in [-0.3, -0.25) is 4.79 Å². The molecule has 0 rings (SSSR count). The first-order chi connectivity index (χ1) is 6.90. The van der Waals surface area contributed by atoms with Crippen LogP contribution in [0.3, 0.4) is 0 Å². The van der Waals surface area contributed by atoms with Crippen LogP contribution in [0.15, 0.2) is 0 Å². The third-order valence-electron chi connectivity index (χ3n) is 1.84. The molecule has 0 fully saturated rings. The monoisotopic (exact) mass is 237 g/mol. The number of rotatable bonds is 7. The van der Waals surface area contributed by atoms with Crippen molar-refractivity contribution in [3.63, 3.8) is 0 Å². The number of hydrogen-bond acceptors (Lipinski definition) is 5. The molecule has 1 unspecified atom stereocenters. The highest BCUT2D eigenvalue weighted by atomic mass is 32.2. The van der Waals surface area contributed by atoms with E-state index in [-0.39, 0.29) is 18.3 Å². The van der Waals surface area contributed by atoms with E-state index in [1.54, 1.807) is 6.92 Å². The molecule has 0 aromatic carbocycles. The largest absolute Gasteiger partial charge is 0.465 e. The predicted molar refractivity (Wildman–Crippen MR) is 58.4 cm³/mol. The SMILES string of the molecule is CCOC(=O)C(CC)NCCS(C)(=O)=O. The van der Waals surface area contributed by atoms with E-state index in [0.29, 0.717) is 13.0 Å². The number of carbonyl (C=O) groups is 1. The van der Waals surface area contributed by atoms with Crippen LogP contribution in [0.1, 0.15) is 20.3 Å². The molecule has 0 heterocycles. The molecule has 15 heavy (non-hydrogen) atoms. The minimum atomic E-state index is -2.98. The van der Waals surface area contributed by atoms with Gasteiger partial charge in [0.2, 0.25) is 0 Å². The average Bonchev–Trinajstić information content (AvgIpc) is 2.11. The van der Waals surface area contributed by atoms with E-state index >= 15 is 0 Å². The second kappa shape index (κ2) is 6.79. The summed E-state index contributed by atoms with van der Waals surface area (Å²) in [6.45, 7) is 4.19. The summed E-state index contributed by atoms with van der Waals surface area (Å²) in [4.78, 5) is 11.3. The zero-order valence-corrected chi connectivity index (χ0v) is 10.3. The third kappa shape index (κ3) is 7.33. The summed E-state index contributed by atoms with van der Waals surface area (Å²) in [6.07, 6.45) is 1.75. The number of ether oxygens (including phenoxy) is 1. The molecule has 6 heteroatoms. The molecule has 0 aliphatic carbocycles. The first kappa shape index (κ1) is 14.4. The van der Waals surface area contributed by atoms with E-state index in [4.69, 9.17) is 4.74 Å². The fourth-order valence-electron chi connectivity index (χ4n) is 1.06. The van der Waals surface area contributed by atoms with Crippen LogP contribution in [0.25, 0.3) is 0 Å². The van der Waals surface area contributed by atoms with E-state index in [1.807, 2.05) is 6.92 Å². The van der Waals surface area contributed by atoms with Crippen molar-refractivity contribution in [2.24, 2.45) is 0 Å². The van der Waals surface area contributed by atoms with Gasteiger partial charge in [0.1, 0.15) is 15.9 Å². The summed E-state index contributed by atoms with van der Waals surface area (Å²) in [5, 5.41) is 2.86. The van der Waals surface area contributed by atoms with Crippen molar-refractivity contribution in [2.45, 2.75) is 26.3 Å². The summed E-state index contributed by atoms with van der Waals surface area (Å²) in [5.41, 5.74) is 0. The topological polar surface area (TPSA) is 72.5 Å². The van der Waals surface area contributed by atoms with Crippen LogP contribution in [0.5, 0.6) is 0 Å². The molecule has 0 radical (unpaired) electrons. The summed E-state index contributed by atoms with van der Waals surface area (Å²) in [5.74, 6) is -0.295. The molecule has 1 atom stereocenters. The van der Waals surface area contributed by atoms with Gasteiger partial charge in [-0.2, -0.15) is 0 Å².